The molecule has 10 heteroatoms. The summed E-state index contributed by atoms with van der Waals surface area (Å²) in [6.45, 7) is 0. The van der Waals surface area contributed by atoms with Crippen molar-refractivity contribution in [3.05, 3.63) is 22.8 Å². The summed E-state index contributed by atoms with van der Waals surface area (Å²) in [5.74, 6) is -1.11. The molecule has 1 heterocycles. The van der Waals surface area contributed by atoms with E-state index in [0.29, 0.717) is 0 Å². The smallest absolute Gasteiger partial charge is 0.434 e. The van der Waals surface area contributed by atoms with Crippen LogP contribution in [-0.2, 0) is 0 Å². The van der Waals surface area contributed by atoms with Crippen LogP contribution >= 0.6 is 11.6 Å². The summed E-state index contributed by atoms with van der Waals surface area (Å²) in [6, 6.07) is 2.49. The van der Waals surface area contributed by atoms with Gasteiger partial charge in [-0.3, -0.25) is 0 Å². The first-order valence-electron chi connectivity index (χ1n) is 4.42. The van der Waals surface area contributed by atoms with E-state index in [-0.39, 0.29) is 5.56 Å². The van der Waals surface area contributed by atoms with Crippen molar-refractivity contribution in [2.75, 3.05) is 0 Å². The number of nitrogens with zero attached hydrogens (tertiary/aromatic N) is 2. The van der Waals surface area contributed by atoms with Crippen LogP contribution in [0.1, 0.15) is 5.56 Å². The number of hydrogen-bond donors (Lipinski definition) is 0. The third-order valence-corrected chi connectivity index (χ3v) is 2.17. The predicted molar refractivity (Wildman–Crippen MR) is 50.5 cm³/mol. The molecule has 0 aromatic carbocycles. The Morgan fingerprint density at radius 1 is 1.21 bits per heavy atom. The molecule has 0 aliphatic carbocycles. The minimum absolute atomic E-state index is 0.352. The van der Waals surface area contributed by atoms with Gasteiger partial charge in [-0.25, -0.2) is 4.98 Å². The zero-order valence-electron chi connectivity index (χ0n) is 8.68. The van der Waals surface area contributed by atoms with Crippen LogP contribution in [0.4, 0.5) is 26.3 Å². The molecule has 104 valence electrons. The van der Waals surface area contributed by atoms with Crippen LogP contribution in [0.15, 0.2) is 12.3 Å². The number of halogens is 7. The molecule has 3 nitrogen and oxygen atoms in total. The molecule has 0 unspecified atom stereocenters. The van der Waals surface area contributed by atoms with Gasteiger partial charge in [-0.2, -0.15) is 31.6 Å². The average Bonchev–Trinajstić information content (AvgIpc) is 2.24. The quantitative estimate of drug-likeness (QED) is 0.786. The molecule has 0 amide bonds. The first-order chi connectivity index (χ1) is 8.57. The van der Waals surface area contributed by atoms with E-state index in [1.54, 1.807) is 0 Å². The second-order valence-corrected chi connectivity index (χ2v) is 3.55. The third kappa shape index (κ3) is 3.64. The summed E-state index contributed by atoms with van der Waals surface area (Å²) in [5.41, 5.74) is -0.352. The second-order valence-electron chi connectivity index (χ2n) is 3.17. The molecule has 1 aromatic rings. The lowest BCUT2D eigenvalue weighted by Gasteiger charge is -2.23. The average molecular weight is 305 g/mol. The van der Waals surface area contributed by atoms with Gasteiger partial charge in [0.15, 0.2) is 0 Å². The number of pyridine rings is 1. The molecule has 0 fully saturated rings. The standard InChI is InChI=1S/C9H3ClF6N2O/c10-5-4(3-17)1-2-18-6(5)19-7(8(11,12)13)9(14,15)16/h1-2,7H. The molecular weight excluding hydrogens is 302 g/mol. The van der Waals surface area contributed by atoms with Crippen LogP contribution < -0.4 is 4.74 Å². The van der Waals surface area contributed by atoms with Gasteiger partial charge in [-0.05, 0) is 6.07 Å². The maximum atomic E-state index is 12.2. The molecule has 0 saturated heterocycles. The van der Waals surface area contributed by atoms with Crippen LogP contribution in [0.2, 0.25) is 5.02 Å². The zero-order valence-corrected chi connectivity index (χ0v) is 9.44. The van der Waals surface area contributed by atoms with Crippen molar-refractivity contribution in [2.45, 2.75) is 18.5 Å². The van der Waals surface area contributed by atoms with Gasteiger partial charge in [0.25, 0.3) is 6.10 Å². The van der Waals surface area contributed by atoms with Gasteiger partial charge in [0, 0.05) is 6.20 Å². The Balaban J connectivity index is 3.16. The van der Waals surface area contributed by atoms with Gasteiger partial charge in [0.1, 0.15) is 11.1 Å². The lowest BCUT2D eigenvalue weighted by Crippen LogP contribution is -2.46. The zero-order chi connectivity index (χ0) is 14.8. The molecule has 19 heavy (non-hydrogen) atoms. The second kappa shape index (κ2) is 5.13. The van der Waals surface area contributed by atoms with Crippen molar-refractivity contribution >= 4 is 11.6 Å². The van der Waals surface area contributed by atoms with Crippen molar-refractivity contribution in [1.82, 2.24) is 4.98 Å². The molecule has 0 radical (unpaired) electrons. The first kappa shape index (κ1) is 15.4. The van der Waals surface area contributed by atoms with Gasteiger partial charge < -0.3 is 4.74 Å². The van der Waals surface area contributed by atoms with Gasteiger partial charge >= 0.3 is 12.4 Å². The van der Waals surface area contributed by atoms with Crippen LogP contribution in [-0.4, -0.2) is 23.4 Å². The van der Waals surface area contributed by atoms with Crippen molar-refractivity contribution in [1.29, 1.82) is 5.26 Å². The third-order valence-electron chi connectivity index (χ3n) is 1.80. The van der Waals surface area contributed by atoms with Crippen LogP contribution in [0.25, 0.3) is 0 Å². The first-order valence-corrected chi connectivity index (χ1v) is 4.80. The minimum Gasteiger partial charge on any atom is -0.454 e. The molecule has 1 rings (SSSR count). The van der Waals surface area contributed by atoms with E-state index >= 15 is 0 Å². The predicted octanol–water partition coefficient (Wildman–Crippen LogP) is 3.48. The fraction of sp³-hybridized carbons (Fsp3) is 0.333. The van der Waals surface area contributed by atoms with Crippen molar-refractivity contribution in [3.8, 4) is 11.9 Å². The van der Waals surface area contributed by atoms with E-state index in [9.17, 15) is 26.3 Å². The summed E-state index contributed by atoms with van der Waals surface area (Å²) in [4.78, 5) is 3.15. The van der Waals surface area contributed by atoms with E-state index in [1.165, 1.54) is 6.07 Å². The Labute approximate surface area is 107 Å². The van der Waals surface area contributed by atoms with E-state index in [2.05, 4.69) is 9.72 Å². The Kier molecular flexibility index (Phi) is 4.15. The number of rotatable bonds is 2. The Bertz CT molecular complexity index is 493. The van der Waals surface area contributed by atoms with Crippen LogP contribution in [0.5, 0.6) is 5.88 Å². The lowest BCUT2D eigenvalue weighted by atomic mass is 10.3. The van der Waals surface area contributed by atoms with E-state index in [1.807, 2.05) is 0 Å². The summed E-state index contributed by atoms with van der Waals surface area (Å²) in [5, 5.41) is 7.82. The summed E-state index contributed by atoms with van der Waals surface area (Å²) < 4.78 is 77.2. The van der Waals surface area contributed by atoms with Gasteiger partial charge in [0.05, 0.1) is 5.56 Å². The van der Waals surface area contributed by atoms with Crippen molar-refractivity contribution in [2.24, 2.45) is 0 Å². The summed E-state index contributed by atoms with van der Waals surface area (Å²) in [6.07, 6.45) is -14.6. The molecule has 0 N–H and O–H groups in total. The van der Waals surface area contributed by atoms with E-state index in [4.69, 9.17) is 16.9 Å². The minimum atomic E-state index is -5.69. The Morgan fingerprint density at radius 2 is 1.74 bits per heavy atom. The largest absolute Gasteiger partial charge is 0.454 e. The molecule has 0 aliphatic heterocycles. The SMILES string of the molecule is N#Cc1ccnc(OC(C(F)(F)F)C(F)(F)F)c1Cl. The summed E-state index contributed by atoms with van der Waals surface area (Å²) >= 11 is 5.41. The topological polar surface area (TPSA) is 45.9 Å². The number of ether oxygens (including phenoxy) is 1. The van der Waals surface area contributed by atoms with Crippen LogP contribution in [0.3, 0.4) is 0 Å². The van der Waals surface area contributed by atoms with E-state index in [0.717, 1.165) is 12.3 Å². The highest BCUT2D eigenvalue weighted by Gasteiger charge is 2.59. The highest BCUT2D eigenvalue weighted by Crippen LogP contribution is 2.38. The fourth-order valence-electron chi connectivity index (χ4n) is 1.02. The molecule has 0 aliphatic rings. The van der Waals surface area contributed by atoms with Gasteiger partial charge in [0.2, 0.25) is 5.88 Å². The lowest BCUT2D eigenvalue weighted by molar-refractivity contribution is -0.300. The molecule has 0 spiro atoms. The van der Waals surface area contributed by atoms with Crippen molar-refractivity contribution in [3.63, 3.8) is 0 Å². The van der Waals surface area contributed by atoms with E-state index < -0.39 is 29.4 Å². The molecular formula is C9H3ClF6N2O. The highest BCUT2D eigenvalue weighted by atomic mass is 35.5. The summed E-state index contributed by atoms with van der Waals surface area (Å²) in [7, 11) is 0. The maximum Gasteiger partial charge on any atom is 0.434 e. The highest BCUT2D eigenvalue weighted by molar-refractivity contribution is 6.32. The van der Waals surface area contributed by atoms with Gasteiger partial charge in [-0.15, -0.1) is 0 Å². The fourth-order valence-corrected chi connectivity index (χ4v) is 1.22. The van der Waals surface area contributed by atoms with Crippen molar-refractivity contribution < 1.29 is 31.1 Å². The monoisotopic (exact) mass is 304 g/mol. The maximum absolute atomic E-state index is 12.2. The molecule has 0 atom stereocenters. The Hall–Kier alpha value is -1.69. The number of hydrogen-bond acceptors (Lipinski definition) is 3. The molecule has 0 saturated carbocycles. The Morgan fingerprint density at radius 3 is 2.16 bits per heavy atom. The number of aromatic nitrogens is 1. The molecule has 0 bridgehead atoms. The van der Waals surface area contributed by atoms with Gasteiger partial charge in [-0.1, -0.05) is 11.6 Å². The normalized spacial score (nSPS) is 12.4. The number of alkyl halides is 6. The van der Waals surface area contributed by atoms with Crippen LogP contribution in [0, 0.1) is 11.3 Å². The molecule has 1 aromatic heterocycles. The number of nitriles is 1.